The number of cyclic esters (lactones) is 1. The fourth-order valence-electron chi connectivity index (χ4n) is 2.09. The van der Waals surface area contributed by atoms with Crippen molar-refractivity contribution in [3.8, 4) is 0 Å². The van der Waals surface area contributed by atoms with Gasteiger partial charge in [0.25, 0.3) is 0 Å². The van der Waals surface area contributed by atoms with Crippen molar-refractivity contribution in [2.24, 2.45) is 0 Å². The Bertz CT molecular complexity index is 430. The fourth-order valence-corrected chi connectivity index (χ4v) is 2.59. The highest BCUT2D eigenvalue weighted by molar-refractivity contribution is 9.09. The van der Waals surface area contributed by atoms with Gasteiger partial charge in [0.1, 0.15) is 12.2 Å². The number of esters is 2. The van der Waals surface area contributed by atoms with Crippen LogP contribution in [0.5, 0.6) is 0 Å². The van der Waals surface area contributed by atoms with Gasteiger partial charge in [-0.15, -0.1) is 0 Å². The van der Waals surface area contributed by atoms with Gasteiger partial charge in [-0.2, -0.15) is 0 Å². The fraction of sp³-hybridized carbons (Fsp3) is 0.667. The molecule has 0 amide bonds. The predicted octanol–water partition coefficient (Wildman–Crippen LogP) is 1.27. The van der Waals surface area contributed by atoms with Crippen LogP contribution in [0.1, 0.15) is 20.8 Å². The van der Waals surface area contributed by atoms with Crippen LogP contribution in [0.25, 0.3) is 0 Å². The van der Waals surface area contributed by atoms with Crippen LogP contribution >= 0.6 is 15.9 Å². The summed E-state index contributed by atoms with van der Waals surface area (Å²) in [6.45, 7) is 4.80. The highest BCUT2D eigenvalue weighted by Crippen LogP contribution is 2.34. The molecule has 19 heavy (non-hydrogen) atoms. The molecule has 2 heterocycles. The van der Waals surface area contributed by atoms with Crippen LogP contribution in [-0.4, -0.2) is 41.4 Å². The van der Waals surface area contributed by atoms with E-state index in [4.69, 9.17) is 18.9 Å². The monoisotopic (exact) mass is 334 g/mol. The first-order valence-electron chi connectivity index (χ1n) is 5.85. The molecule has 0 N–H and O–H groups in total. The zero-order valence-corrected chi connectivity index (χ0v) is 12.4. The molecule has 2 rings (SSSR count). The highest BCUT2D eigenvalue weighted by atomic mass is 79.9. The van der Waals surface area contributed by atoms with Crippen LogP contribution in [-0.2, 0) is 28.5 Å². The van der Waals surface area contributed by atoms with Gasteiger partial charge >= 0.3 is 11.9 Å². The summed E-state index contributed by atoms with van der Waals surface area (Å²) in [5, 5.41) is 0.548. The van der Waals surface area contributed by atoms with E-state index in [2.05, 4.69) is 15.9 Å². The Morgan fingerprint density at radius 1 is 1.47 bits per heavy atom. The molecule has 0 bridgehead atoms. The molecule has 3 atom stereocenters. The molecule has 0 aliphatic carbocycles. The van der Waals surface area contributed by atoms with Crippen molar-refractivity contribution < 1.29 is 28.5 Å². The number of hydrogen-bond acceptors (Lipinski definition) is 6. The van der Waals surface area contributed by atoms with Gasteiger partial charge in [-0.1, -0.05) is 15.9 Å². The normalized spacial score (nSPS) is 32.9. The smallest absolute Gasteiger partial charge is 0.374 e. The lowest BCUT2D eigenvalue weighted by Crippen LogP contribution is -2.36. The number of halogens is 1. The Hall–Kier alpha value is -0.920. The maximum atomic E-state index is 11.6. The second-order valence-corrected chi connectivity index (χ2v) is 5.43. The number of carbonyl (C=O) groups excluding carboxylic acids is 2. The SMILES string of the molecule is CC(=O)OC1=C[C@H]([C@@H]2OC(C)(C)O[C@@H]2CBr)OC1=O. The number of hydrogen-bond donors (Lipinski definition) is 0. The molecule has 0 aromatic rings. The average molecular weight is 335 g/mol. The third kappa shape index (κ3) is 3.16. The van der Waals surface area contributed by atoms with E-state index in [0.717, 1.165) is 0 Å². The van der Waals surface area contributed by atoms with E-state index >= 15 is 0 Å². The Morgan fingerprint density at radius 3 is 2.74 bits per heavy atom. The molecule has 2 aliphatic rings. The van der Waals surface area contributed by atoms with Gasteiger partial charge in [0.2, 0.25) is 5.76 Å². The van der Waals surface area contributed by atoms with Crippen LogP contribution in [0.3, 0.4) is 0 Å². The maximum Gasteiger partial charge on any atom is 0.374 e. The van der Waals surface area contributed by atoms with Crippen molar-refractivity contribution >= 4 is 27.9 Å². The molecule has 6 nitrogen and oxygen atoms in total. The zero-order valence-electron chi connectivity index (χ0n) is 10.8. The van der Waals surface area contributed by atoms with E-state index in [1.165, 1.54) is 13.0 Å². The van der Waals surface area contributed by atoms with E-state index in [0.29, 0.717) is 5.33 Å². The molecule has 0 aromatic carbocycles. The number of alkyl halides is 1. The van der Waals surface area contributed by atoms with Crippen molar-refractivity contribution in [3.63, 3.8) is 0 Å². The molecule has 1 fully saturated rings. The molecular formula is C12H15BrO6. The Morgan fingerprint density at radius 2 is 2.16 bits per heavy atom. The molecule has 0 saturated carbocycles. The van der Waals surface area contributed by atoms with Gasteiger partial charge in [0.05, 0.1) is 0 Å². The van der Waals surface area contributed by atoms with Gasteiger partial charge in [-0.3, -0.25) is 4.79 Å². The van der Waals surface area contributed by atoms with Gasteiger partial charge < -0.3 is 18.9 Å². The Balaban J connectivity index is 2.13. The first-order valence-corrected chi connectivity index (χ1v) is 6.97. The van der Waals surface area contributed by atoms with Crippen molar-refractivity contribution in [1.29, 1.82) is 0 Å². The van der Waals surface area contributed by atoms with Crippen LogP contribution < -0.4 is 0 Å². The number of ether oxygens (including phenoxy) is 4. The first-order chi connectivity index (χ1) is 8.82. The summed E-state index contributed by atoms with van der Waals surface area (Å²) in [5.74, 6) is -2.07. The predicted molar refractivity (Wildman–Crippen MR) is 67.3 cm³/mol. The van der Waals surface area contributed by atoms with E-state index < -0.39 is 29.9 Å². The lowest BCUT2D eigenvalue weighted by atomic mass is 10.1. The number of rotatable bonds is 3. The van der Waals surface area contributed by atoms with Crippen LogP contribution in [0.4, 0.5) is 0 Å². The molecule has 0 spiro atoms. The summed E-state index contributed by atoms with van der Waals surface area (Å²) in [6.07, 6.45) is 0.146. The van der Waals surface area contributed by atoms with Crippen molar-refractivity contribution in [2.45, 2.75) is 44.9 Å². The summed E-state index contributed by atoms with van der Waals surface area (Å²) < 4.78 is 21.3. The molecule has 0 radical (unpaired) electrons. The first kappa shape index (κ1) is 14.5. The minimum Gasteiger partial charge on any atom is -0.449 e. The largest absolute Gasteiger partial charge is 0.449 e. The molecule has 0 aromatic heterocycles. The summed E-state index contributed by atoms with van der Waals surface area (Å²) in [4.78, 5) is 22.4. The van der Waals surface area contributed by atoms with Gasteiger partial charge in [0.15, 0.2) is 11.9 Å². The second kappa shape index (κ2) is 5.22. The lowest BCUT2D eigenvalue weighted by Gasteiger charge is -2.19. The van der Waals surface area contributed by atoms with E-state index in [-0.39, 0.29) is 11.9 Å². The molecule has 106 valence electrons. The highest BCUT2D eigenvalue weighted by Gasteiger charge is 2.48. The molecule has 0 unspecified atom stereocenters. The maximum absolute atomic E-state index is 11.6. The van der Waals surface area contributed by atoms with Gasteiger partial charge in [-0.05, 0) is 13.8 Å². The third-order valence-electron chi connectivity index (χ3n) is 2.71. The molecular weight excluding hydrogens is 320 g/mol. The van der Waals surface area contributed by atoms with Crippen LogP contribution in [0.15, 0.2) is 11.8 Å². The zero-order chi connectivity index (χ0) is 14.2. The average Bonchev–Trinajstić information content (AvgIpc) is 2.79. The molecule has 1 saturated heterocycles. The lowest BCUT2D eigenvalue weighted by molar-refractivity contribution is -0.163. The minimum absolute atomic E-state index is 0.0980. The summed E-state index contributed by atoms with van der Waals surface area (Å²) in [5.41, 5.74) is 0. The van der Waals surface area contributed by atoms with E-state index in [9.17, 15) is 9.59 Å². The van der Waals surface area contributed by atoms with Crippen molar-refractivity contribution in [1.82, 2.24) is 0 Å². The second-order valence-electron chi connectivity index (χ2n) is 4.79. The number of carbonyl (C=O) groups is 2. The summed E-state index contributed by atoms with van der Waals surface area (Å²) in [7, 11) is 0. The van der Waals surface area contributed by atoms with Crippen LogP contribution in [0.2, 0.25) is 0 Å². The topological polar surface area (TPSA) is 71.1 Å². The van der Waals surface area contributed by atoms with E-state index in [1.807, 2.05) is 0 Å². The van der Waals surface area contributed by atoms with E-state index in [1.54, 1.807) is 13.8 Å². The molecule has 7 heteroatoms. The quantitative estimate of drug-likeness (QED) is 0.571. The van der Waals surface area contributed by atoms with Gasteiger partial charge in [0, 0.05) is 18.3 Å². The Kier molecular flexibility index (Phi) is 3.98. The van der Waals surface area contributed by atoms with Crippen molar-refractivity contribution in [3.05, 3.63) is 11.8 Å². The van der Waals surface area contributed by atoms with Crippen molar-refractivity contribution in [2.75, 3.05) is 5.33 Å². The van der Waals surface area contributed by atoms with Gasteiger partial charge in [-0.25, -0.2) is 4.79 Å². The molecule has 2 aliphatic heterocycles. The third-order valence-corrected chi connectivity index (χ3v) is 3.35. The minimum atomic E-state index is -0.743. The standard InChI is InChI=1S/C12H15BrO6/c1-6(14)16-8-4-7(17-11(8)15)10-9(5-13)18-12(2,3)19-10/h4,7,9-10H,5H2,1-3H3/t7-,9-,10+/m1/s1. The summed E-state index contributed by atoms with van der Waals surface area (Å²) >= 11 is 3.33. The summed E-state index contributed by atoms with van der Waals surface area (Å²) in [6, 6.07) is 0. The Labute approximate surface area is 119 Å². The van der Waals surface area contributed by atoms with Crippen LogP contribution in [0, 0.1) is 0 Å².